The summed E-state index contributed by atoms with van der Waals surface area (Å²) in [6.45, 7) is 0.272. The van der Waals surface area contributed by atoms with Crippen LogP contribution in [0.4, 0.5) is 14.5 Å². The minimum absolute atomic E-state index is 0.113. The maximum absolute atomic E-state index is 13.0. The van der Waals surface area contributed by atoms with Gasteiger partial charge in [-0.2, -0.15) is 0 Å². The third-order valence-corrected chi connectivity index (χ3v) is 3.06. The van der Waals surface area contributed by atoms with Gasteiger partial charge >= 0.3 is 0 Å². The number of rotatable bonds is 3. The Kier molecular flexibility index (Phi) is 3.81. The van der Waals surface area contributed by atoms with Gasteiger partial charge in [0.2, 0.25) is 0 Å². The fraction of sp³-hybridized carbons (Fsp3) is 0.0769. The van der Waals surface area contributed by atoms with Crippen molar-refractivity contribution >= 4 is 21.6 Å². The lowest BCUT2D eigenvalue weighted by Crippen LogP contribution is -2.00. The Labute approximate surface area is 111 Å². The van der Waals surface area contributed by atoms with Gasteiger partial charge in [0.15, 0.2) is 0 Å². The Bertz CT molecular complexity index is 555. The van der Waals surface area contributed by atoms with Crippen LogP contribution in [-0.2, 0) is 6.54 Å². The summed E-state index contributed by atoms with van der Waals surface area (Å²) in [4.78, 5) is 0. The van der Waals surface area contributed by atoms with E-state index < -0.39 is 11.6 Å². The molecule has 0 aliphatic carbocycles. The van der Waals surface area contributed by atoms with Crippen LogP contribution in [-0.4, -0.2) is 5.11 Å². The zero-order chi connectivity index (χ0) is 13.1. The van der Waals surface area contributed by atoms with E-state index in [2.05, 4.69) is 21.2 Å². The number of nitrogens with one attached hydrogen (secondary N) is 1. The van der Waals surface area contributed by atoms with E-state index in [0.717, 1.165) is 6.07 Å². The Morgan fingerprint density at radius 2 is 1.78 bits per heavy atom. The normalized spacial score (nSPS) is 10.4. The molecule has 0 unspecified atom stereocenters. The van der Waals surface area contributed by atoms with Crippen molar-refractivity contribution in [2.24, 2.45) is 0 Å². The molecule has 0 radical (unpaired) electrons. The third-order valence-electron chi connectivity index (χ3n) is 2.42. The first kappa shape index (κ1) is 12.8. The Balaban J connectivity index is 2.14. The molecule has 0 bridgehead atoms. The molecule has 0 saturated carbocycles. The molecular weight excluding hydrogens is 304 g/mol. The standard InChI is InChI=1S/C13H10BrF2NO/c14-12-3-1-2-8(13(12)18)7-17-11-5-9(15)4-10(16)6-11/h1-6,17-18H,7H2. The molecule has 0 amide bonds. The summed E-state index contributed by atoms with van der Waals surface area (Å²) in [5.74, 6) is -1.17. The van der Waals surface area contributed by atoms with Crippen molar-refractivity contribution in [2.45, 2.75) is 6.54 Å². The van der Waals surface area contributed by atoms with Gasteiger partial charge in [0, 0.05) is 23.9 Å². The zero-order valence-electron chi connectivity index (χ0n) is 9.25. The summed E-state index contributed by atoms with van der Waals surface area (Å²) in [6, 6.07) is 8.40. The first-order valence-corrected chi connectivity index (χ1v) is 6.02. The first-order chi connectivity index (χ1) is 8.56. The van der Waals surface area contributed by atoms with Crippen molar-refractivity contribution < 1.29 is 13.9 Å². The van der Waals surface area contributed by atoms with E-state index in [1.165, 1.54) is 12.1 Å². The summed E-state index contributed by atoms with van der Waals surface area (Å²) in [7, 11) is 0. The first-order valence-electron chi connectivity index (χ1n) is 5.22. The summed E-state index contributed by atoms with van der Waals surface area (Å²) < 4.78 is 26.5. The number of halogens is 3. The van der Waals surface area contributed by atoms with Crippen LogP contribution in [0.25, 0.3) is 0 Å². The number of benzene rings is 2. The predicted octanol–water partition coefficient (Wildman–Crippen LogP) is 4.05. The van der Waals surface area contributed by atoms with Crippen LogP contribution >= 0.6 is 15.9 Å². The van der Waals surface area contributed by atoms with Gasteiger partial charge in [-0.15, -0.1) is 0 Å². The smallest absolute Gasteiger partial charge is 0.134 e. The molecule has 2 N–H and O–H groups in total. The van der Waals surface area contributed by atoms with E-state index in [9.17, 15) is 13.9 Å². The van der Waals surface area contributed by atoms with Crippen LogP contribution in [0.15, 0.2) is 40.9 Å². The van der Waals surface area contributed by atoms with Crippen LogP contribution in [0.5, 0.6) is 5.75 Å². The number of para-hydroxylation sites is 1. The van der Waals surface area contributed by atoms with Crippen molar-refractivity contribution in [3.05, 3.63) is 58.1 Å². The molecule has 94 valence electrons. The Morgan fingerprint density at radius 1 is 1.11 bits per heavy atom. The molecule has 0 aliphatic rings. The number of phenols is 1. The molecule has 5 heteroatoms. The zero-order valence-corrected chi connectivity index (χ0v) is 10.8. The van der Waals surface area contributed by atoms with E-state index in [0.29, 0.717) is 15.7 Å². The minimum atomic E-state index is -0.643. The summed E-state index contributed by atoms with van der Waals surface area (Å²) in [6.07, 6.45) is 0. The van der Waals surface area contributed by atoms with Gasteiger partial charge < -0.3 is 10.4 Å². The number of hydrogen-bond donors (Lipinski definition) is 2. The van der Waals surface area contributed by atoms with E-state index >= 15 is 0 Å². The molecule has 2 rings (SSSR count). The van der Waals surface area contributed by atoms with Crippen LogP contribution in [0, 0.1) is 11.6 Å². The average molecular weight is 314 g/mol. The highest BCUT2D eigenvalue weighted by molar-refractivity contribution is 9.10. The molecule has 0 fully saturated rings. The number of anilines is 1. The van der Waals surface area contributed by atoms with Crippen molar-refractivity contribution in [3.63, 3.8) is 0 Å². The molecule has 0 atom stereocenters. The van der Waals surface area contributed by atoms with E-state index in [1.54, 1.807) is 18.2 Å². The van der Waals surface area contributed by atoms with E-state index in [1.807, 2.05) is 0 Å². The average Bonchev–Trinajstić information content (AvgIpc) is 2.30. The highest BCUT2D eigenvalue weighted by atomic mass is 79.9. The number of aromatic hydroxyl groups is 1. The third kappa shape index (κ3) is 2.98. The Hall–Kier alpha value is -1.62. The van der Waals surface area contributed by atoms with Crippen molar-refractivity contribution in [1.82, 2.24) is 0 Å². The van der Waals surface area contributed by atoms with E-state index in [-0.39, 0.29) is 12.3 Å². The number of phenolic OH excluding ortho intramolecular Hbond substituents is 1. The lowest BCUT2D eigenvalue weighted by atomic mass is 10.2. The highest BCUT2D eigenvalue weighted by Gasteiger charge is 2.05. The van der Waals surface area contributed by atoms with Crippen LogP contribution in [0.3, 0.4) is 0 Å². The van der Waals surface area contributed by atoms with Gasteiger partial charge in [0.05, 0.1) is 4.47 Å². The number of hydrogen-bond acceptors (Lipinski definition) is 2. The fourth-order valence-corrected chi connectivity index (χ4v) is 1.96. The van der Waals surface area contributed by atoms with Gasteiger partial charge in [0.1, 0.15) is 17.4 Å². The maximum atomic E-state index is 13.0. The van der Waals surface area contributed by atoms with Gasteiger partial charge in [0.25, 0.3) is 0 Å². The largest absolute Gasteiger partial charge is 0.506 e. The topological polar surface area (TPSA) is 32.3 Å². The molecule has 18 heavy (non-hydrogen) atoms. The highest BCUT2D eigenvalue weighted by Crippen LogP contribution is 2.28. The maximum Gasteiger partial charge on any atom is 0.134 e. The Morgan fingerprint density at radius 3 is 2.44 bits per heavy atom. The van der Waals surface area contributed by atoms with Crippen LogP contribution < -0.4 is 5.32 Å². The van der Waals surface area contributed by atoms with Crippen molar-refractivity contribution in [2.75, 3.05) is 5.32 Å². The molecule has 2 nitrogen and oxygen atoms in total. The molecule has 0 saturated heterocycles. The molecule has 0 heterocycles. The van der Waals surface area contributed by atoms with Crippen LogP contribution in [0.1, 0.15) is 5.56 Å². The van der Waals surface area contributed by atoms with Gasteiger partial charge in [-0.3, -0.25) is 0 Å². The minimum Gasteiger partial charge on any atom is -0.506 e. The van der Waals surface area contributed by atoms with Crippen LogP contribution in [0.2, 0.25) is 0 Å². The van der Waals surface area contributed by atoms with Gasteiger partial charge in [-0.25, -0.2) is 8.78 Å². The monoisotopic (exact) mass is 313 g/mol. The summed E-state index contributed by atoms with van der Waals surface area (Å²) in [5.41, 5.74) is 0.959. The molecule has 0 aromatic heterocycles. The summed E-state index contributed by atoms with van der Waals surface area (Å²) >= 11 is 3.20. The summed E-state index contributed by atoms with van der Waals surface area (Å²) in [5, 5.41) is 12.6. The second kappa shape index (κ2) is 5.35. The SMILES string of the molecule is Oc1c(Br)cccc1CNc1cc(F)cc(F)c1. The molecule has 0 aliphatic heterocycles. The van der Waals surface area contributed by atoms with Gasteiger partial charge in [-0.1, -0.05) is 12.1 Å². The molecule has 2 aromatic carbocycles. The quantitative estimate of drug-likeness (QED) is 0.896. The van der Waals surface area contributed by atoms with E-state index in [4.69, 9.17) is 0 Å². The molecule has 2 aromatic rings. The second-order valence-electron chi connectivity index (χ2n) is 3.76. The predicted molar refractivity (Wildman–Crippen MR) is 69.5 cm³/mol. The van der Waals surface area contributed by atoms with Gasteiger partial charge in [-0.05, 0) is 34.1 Å². The van der Waals surface area contributed by atoms with Crippen molar-refractivity contribution in [1.29, 1.82) is 0 Å². The fourth-order valence-electron chi connectivity index (χ4n) is 1.56. The lowest BCUT2D eigenvalue weighted by molar-refractivity contribution is 0.465. The molecular formula is C13H10BrF2NO. The lowest BCUT2D eigenvalue weighted by Gasteiger charge is -2.09. The second-order valence-corrected chi connectivity index (χ2v) is 4.61. The van der Waals surface area contributed by atoms with Crippen molar-refractivity contribution in [3.8, 4) is 5.75 Å². The molecule has 0 spiro atoms.